The first kappa shape index (κ1) is 7.05. The molecule has 2 heterocycles. The molecule has 1 unspecified atom stereocenters. The van der Waals surface area contributed by atoms with Crippen LogP contribution >= 0.6 is 0 Å². The molecule has 2 aliphatic heterocycles. The fraction of sp³-hybridized carbons (Fsp3) is 0.143. The lowest BCUT2D eigenvalue weighted by Gasteiger charge is -2.22. The maximum atomic E-state index is 11.1. The van der Waals surface area contributed by atoms with Crippen molar-refractivity contribution in [2.24, 2.45) is 5.73 Å². The van der Waals surface area contributed by atoms with Crippen molar-refractivity contribution in [2.45, 2.75) is 6.17 Å². The number of imide groups is 1. The highest BCUT2D eigenvalue weighted by Gasteiger charge is 2.36. The van der Waals surface area contributed by atoms with E-state index in [4.69, 9.17) is 5.73 Å². The maximum Gasteiger partial charge on any atom is 0.330 e. The van der Waals surface area contributed by atoms with Crippen molar-refractivity contribution in [1.29, 1.82) is 0 Å². The molecule has 12 heavy (non-hydrogen) atoms. The Bertz CT molecular complexity index is 319. The van der Waals surface area contributed by atoms with Gasteiger partial charge in [0.25, 0.3) is 5.91 Å². The summed E-state index contributed by atoms with van der Waals surface area (Å²) in [4.78, 5) is 23.3. The van der Waals surface area contributed by atoms with Gasteiger partial charge in [0.15, 0.2) is 0 Å². The summed E-state index contributed by atoms with van der Waals surface area (Å²) in [7, 11) is 0. The summed E-state index contributed by atoms with van der Waals surface area (Å²) >= 11 is 0. The van der Waals surface area contributed by atoms with Gasteiger partial charge in [0, 0.05) is 0 Å². The summed E-state index contributed by atoms with van der Waals surface area (Å²) < 4.78 is 0. The number of fused-ring (bicyclic) bond motifs is 1. The van der Waals surface area contributed by atoms with E-state index in [9.17, 15) is 9.59 Å². The van der Waals surface area contributed by atoms with E-state index in [2.05, 4.69) is 5.32 Å². The van der Waals surface area contributed by atoms with Crippen LogP contribution < -0.4 is 11.1 Å². The third kappa shape index (κ3) is 0.768. The first-order chi connectivity index (χ1) is 5.70. The zero-order valence-electron chi connectivity index (χ0n) is 6.15. The van der Waals surface area contributed by atoms with Gasteiger partial charge in [0.2, 0.25) is 0 Å². The van der Waals surface area contributed by atoms with E-state index in [0.717, 1.165) is 0 Å². The van der Waals surface area contributed by atoms with Crippen molar-refractivity contribution in [3.05, 3.63) is 23.9 Å². The van der Waals surface area contributed by atoms with Crippen molar-refractivity contribution in [3.63, 3.8) is 0 Å². The van der Waals surface area contributed by atoms with Gasteiger partial charge < -0.3 is 5.73 Å². The summed E-state index contributed by atoms with van der Waals surface area (Å²) in [5.74, 6) is -0.389. The molecule has 1 saturated heterocycles. The van der Waals surface area contributed by atoms with Crippen LogP contribution in [0.1, 0.15) is 0 Å². The van der Waals surface area contributed by atoms with Crippen molar-refractivity contribution < 1.29 is 9.59 Å². The van der Waals surface area contributed by atoms with Crippen molar-refractivity contribution in [3.8, 4) is 0 Å². The Balaban J connectivity index is 2.44. The van der Waals surface area contributed by atoms with Gasteiger partial charge >= 0.3 is 6.03 Å². The summed E-state index contributed by atoms with van der Waals surface area (Å²) in [6.07, 6.45) is 4.33. The zero-order valence-corrected chi connectivity index (χ0v) is 6.15. The second-order valence-corrected chi connectivity index (χ2v) is 2.56. The molecular weight excluding hydrogens is 158 g/mol. The van der Waals surface area contributed by atoms with E-state index in [-0.39, 0.29) is 5.91 Å². The molecule has 0 spiro atoms. The fourth-order valence-corrected chi connectivity index (χ4v) is 1.24. The smallest absolute Gasteiger partial charge is 0.308 e. The molecule has 0 aromatic carbocycles. The summed E-state index contributed by atoms with van der Waals surface area (Å²) in [6.45, 7) is 0. The molecule has 1 atom stereocenters. The molecular formula is C7H7N3O2. The van der Waals surface area contributed by atoms with Gasteiger partial charge in [-0.05, 0) is 12.2 Å². The van der Waals surface area contributed by atoms with Crippen LogP contribution in [0.2, 0.25) is 0 Å². The SMILES string of the molecule is NC1C=CC=C2C(=O)NC(=O)N21. The lowest BCUT2D eigenvalue weighted by molar-refractivity contribution is -0.116. The summed E-state index contributed by atoms with van der Waals surface area (Å²) in [6, 6.07) is -0.455. The van der Waals surface area contributed by atoms with E-state index in [1.165, 1.54) is 4.90 Å². The van der Waals surface area contributed by atoms with Gasteiger partial charge in [0.05, 0.1) is 0 Å². The molecule has 3 N–H and O–H groups in total. The van der Waals surface area contributed by atoms with Crippen LogP contribution in [0.4, 0.5) is 4.79 Å². The molecule has 5 nitrogen and oxygen atoms in total. The number of rotatable bonds is 0. The second kappa shape index (κ2) is 2.18. The van der Waals surface area contributed by atoms with Gasteiger partial charge in [-0.25, -0.2) is 4.79 Å². The molecule has 0 aromatic rings. The highest BCUT2D eigenvalue weighted by atomic mass is 16.2. The van der Waals surface area contributed by atoms with E-state index in [1.807, 2.05) is 0 Å². The minimum atomic E-state index is -0.531. The number of nitrogens with zero attached hydrogens (tertiary/aromatic N) is 1. The number of nitrogens with one attached hydrogen (secondary N) is 1. The molecule has 1 fully saturated rings. The number of carbonyl (C=O) groups excluding carboxylic acids is 2. The molecule has 0 radical (unpaired) electrons. The minimum Gasteiger partial charge on any atom is -0.308 e. The predicted octanol–water partition coefficient (Wildman–Crippen LogP) is -0.723. The lowest BCUT2D eigenvalue weighted by Crippen LogP contribution is -2.42. The Hall–Kier alpha value is -1.62. The topological polar surface area (TPSA) is 75.4 Å². The fourth-order valence-electron chi connectivity index (χ4n) is 1.24. The van der Waals surface area contributed by atoms with Gasteiger partial charge in [0.1, 0.15) is 11.9 Å². The van der Waals surface area contributed by atoms with Crippen LogP contribution in [-0.2, 0) is 4.79 Å². The Kier molecular flexibility index (Phi) is 1.28. The number of carbonyl (C=O) groups is 2. The van der Waals surface area contributed by atoms with Crippen molar-refractivity contribution in [1.82, 2.24) is 10.2 Å². The molecule has 0 aromatic heterocycles. The van der Waals surface area contributed by atoms with Crippen LogP contribution in [0.5, 0.6) is 0 Å². The van der Waals surface area contributed by atoms with Crippen LogP contribution in [0.15, 0.2) is 23.9 Å². The quantitative estimate of drug-likeness (QED) is 0.465. The highest BCUT2D eigenvalue weighted by molar-refractivity contribution is 6.12. The highest BCUT2D eigenvalue weighted by Crippen LogP contribution is 2.18. The number of urea groups is 1. The predicted molar refractivity (Wildman–Crippen MR) is 40.6 cm³/mol. The average molecular weight is 165 g/mol. The summed E-state index contributed by atoms with van der Waals surface area (Å²) in [5, 5.41) is 2.15. The van der Waals surface area contributed by atoms with Gasteiger partial charge in [-0.3, -0.25) is 15.0 Å². The van der Waals surface area contributed by atoms with Gasteiger partial charge in [-0.2, -0.15) is 0 Å². The molecule has 0 bridgehead atoms. The zero-order chi connectivity index (χ0) is 8.72. The monoisotopic (exact) mass is 165 g/mol. The normalized spacial score (nSPS) is 26.9. The van der Waals surface area contributed by atoms with Crippen LogP contribution in [0.25, 0.3) is 0 Å². The van der Waals surface area contributed by atoms with Crippen LogP contribution in [0, 0.1) is 0 Å². The van der Waals surface area contributed by atoms with E-state index >= 15 is 0 Å². The number of hydrogen-bond donors (Lipinski definition) is 2. The van der Waals surface area contributed by atoms with Crippen molar-refractivity contribution in [2.75, 3.05) is 0 Å². The number of amides is 3. The van der Waals surface area contributed by atoms with Crippen LogP contribution in [-0.4, -0.2) is 23.0 Å². The maximum absolute atomic E-state index is 11.1. The largest absolute Gasteiger partial charge is 0.330 e. The van der Waals surface area contributed by atoms with Gasteiger partial charge in [-0.15, -0.1) is 0 Å². The number of nitrogens with two attached hydrogens (primary N) is 1. The third-order valence-electron chi connectivity index (χ3n) is 1.79. The summed E-state index contributed by atoms with van der Waals surface area (Å²) in [5.41, 5.74) is 5.87. The molecule has 0 saturated carbocycles. The van der Waals surface area contributed by atoms with E-state index < -0.39 is 12.2 Å². The van der Waals surface area contributed by atoms with Crippen molar-refractivity contribution >= 4 is 11.9 Å². The molecule has 62 valence electrons. The minimum absolute atomic E-state index is 0.315. The Labute approximate surface area is 68.5 Å². The first-order valence-corrected chi connectivity index (χ1v) is 3.49. The Morgan fingerprint density at radius 1 is 1.50 bits per heavy atom. The number of hydrogen-bond acceptors (Lipinski definition) is 3. The average Bonchev–Trinajstić information content (AvgIpc) is 2.29. The Morgan fingerprint density at radius 2 is 2.25 bits per heavy atom. The van der Waals surface area contributed by atoms with Gasteiger partial charge in [-0.1, -0.05) is 6.08 Å². The molecule has 5 heteroatoms. The van der Waals surface area contributed by atoms with Crippen LogP contribution in [0.3, 0.4) is 0 Å². The number of allylic oxidation sites excluding steroid dienone is 2. The molecule has 0 aliphatic carbocycles. The standard InChI is InChI=1S/C7H7N3O2/c8-5-3-1-2-4-6(11)9-7(12)10(4)5/h1-3,5H,8H2,(H,9,11,12). The first-order valence-electron chi connectivity index (χ1n) is 3.49. The molecule has 3 amide bonds. The van der Waals surface area contributed by atoms with E-state index in [1.54, 1.807) is 18.2 Å². The molecule has 2 rings (SSSR count). The Morgan fingerprint density at radius 3 is 2.92 bits per heavy atom. The second-order valence-electron chi connectivity index (χ2n) is 2.56. The molecule has 2 aliphatic rings. The third-order valence-corrected chi connectivity index (χ3v) is 1.79. The van der Waals surface area contributed by atoms with E-state index in [0.29, 0.717) is 5.70 Å². The lowest BCUT2D eigenvalue weighted by atomic mass is 10.2.